The molecule has 0 saturated heterocycles. The molecule has 4 N–H and O–H groups in total. The SMILES string of the molecule is CCOC(=O)CCc1ccccc1NC(=O)CNC(=O)c1cccc(NC(=O)NCc2ccccc2)c1. The topological polar surface area (TPSA) is 126 Å². The number of para-hydroxylation sites is 1. The molecule has 3 aromatic carbocycles. The molecule has 0 unspecified atom stereocenters. The molecular formula is C28H30N4O5. The van der Waals surface area contributed by atoms with Gasteiger partial charge in [0.25, 0.3) is 5.91 Å². The number of hydrogen-bond donors (Lipinski definition) is 4. The van der Waals surface area contributed by atoms with E-state index < -0.39 is 17.8 Å². The van der Waals surface area contributed by atoms with E-state index in [1.54, 1.807) is 37.3 Å². The molecule has 9 nitrogen and oxygen atoms in total. The fraction of sp³-hybridized carbons (Fsp3) is 0.214. The van der Waals surface area contributed by atoms with Crippen molar-refractivity contribution in [2.45, 2.75) is 26.3 Å². The Morgan fingerprint density at radius 1 is 0.811 bits per heavy atom. The molecule has 0 aromatic heterocycles. The molecule has 4 amide bonds. The van der Waals surface area contributed by atoms with Crippen molar-refractivity contribution in [1.29, 1.82) is 0 Å². The molecule has 0 atom stereocenters. The van der Waals surface area contributed by atoms with E-state index in [2.05, 4.69) is 21.3 Å². The number of urea groups is 1. The highest BCUT2D eigenvalue weighted by molar-refractivity contribution is 6.00. The minimum absolute atomic E-state index is 0.201. The van der Waals surface area contributed by atoms with Gasteiger partial charge in [-0.2, -0.15) is 0 Å². The largest absolute Gasteiger partial charge is 0.466 e. The number of ether oxygens (including phenoxy) is 1. The first-order chi connectivity index (χ1) is 17.9. The molecule has 9 heteroatoms. The van der Waals surface area contributed by atoms with Gasteiger partial charge in [-0.25, -0.2) is 4.79 Å². The number of esters is 1. The highest BCUT2D eigenvalue weighted by Gasteiger charge is 2.12. The van der Waals surface area contributed by atoms with Gasteiger partial charge in [0.1, 0.15) is 0 Å². The highest BCUT2D eigenvalue weighted by atomic mass is 16.5. The van der Waals surface area contributed by atoms with Gasteiger partial charge in [-0.05, 0) is 48.7 Å². The summed E-state index contributed by atoms with van der Waals surface area (Å²) in [5.74, 6) is -1.17. The van der Waals surface area contributed by atoms with E-state index in [9.17, 15) is 19.2 Å². The van der Waals surface area contributed by atoms with Crippen LogP contribution in [-0.4, -0.2) is 37.0 Å². The summed E-state index contributed by atoms with van der Waals surface area (Å²) in [6.07, 6.45) is 0.618. The maximum Gasteiger partial charge on any atom is 0.319 e. The minimum Gasteiger partial charge on any atom is -0.466 e. The molecule has 0 spiro atoms. The quantitative estimate of drug-likeness (QED) is 0.296. The third-order valence-corrected chi connectivity index (χ3v) is 5.28. The average Bonchev–Trinajstić information content (AvgIpc) is 2.91. The van der Waals surface area contributed by atoms with Gasteiger partial charge in [-0.1, -0.05) is 54.6 Å². The number of nitrogens with one attached hydrogen (secondary N) is 4. The molecule has 0 radical (unpaired) electrons. The molecule has 37 heavy (non-hydrogen) atoms. The number of rotatable bonds is 11. The van der Waals surface area contributed by atoms with Crippen molar-refractivity contribution in [1.82, 2.24) is 10.6 Å². The van der Waals surface area contributed by atoms with Crippen molar-refractivity contribution in [2.24, 2.45) is 0 Å². The van der Waals surface area contributed by atoms with Crippen molar-refractivity contribution in [3.63, 3.8) is 0 Å². The lowest BCUT2D eigenvalue weighted by Crippen LogP contribution is -2.33. The molecule has 3 aromatic rings. The van der Waals surface area contributed by atoms with E-state index in [1.165, 1.54) is 6.07 Å². The van der Waals surface area contributed by atoms with Crippen LogP contribution in [0.3, 0.4) is 0 Å². The zero-order valence-corrected chi connectivity index (χ0v) is 20.6. The predicted octanol–water partition coefficient (Wildman–Crippen LogP) is 3.87. The lowest BCUT2D eigenvalue weighted by Gasteiger charge is -2.12. The molecule has 0 heterocycles. The molecule has 0 bridgehead atoms. The third-order valence-electron chi connectivity index (χ3n) is 5.28. The zero-order chi connectivity index (χ0) is 26.5. The smallest absolute Gasteiger partial charge is 0.319 e. The van der Waals surface area contributed by atoms with Crippen molar-refractivity contribution >= 4 is 35.2 Å². The van der Waals surface area contributed by atoms with Crippen LogP contribution in [0, 0.1) is 0 Å². The summed E-state index contributed by atoms with van der Waals surface area (Å²) in [5, 5.41) is 10.8. The lowest BCUT2D eigenvalue weighted by molar-refractivity contribution is -0.143. The van der Waals surface area contributed by atoms with Crippen LogP contribution < -0.4 is 21.3 Å². The number of benzene rings is 3. The number of aryl methyl sites for hydroxylation is 1. The molecule has 0 fully saturated rings. The van der Waals surface area contributed by atoms with Gasteiger partial charge in [0.05, 0.1) is 13.2 Å². The van der Waals surface area contributed by atoms with E-state index in [0.717, 1.165) is 11.1 Å². The second kappa shape index (κ2) is 14.0. The highest BCUT2D eigenvalue weighted by Crippen LogP contribution is 2.17. The summed E-state index contributed by atoms with van der Waals surface area (Å²) in [6.45, 7) is 2.18. The summed E-state index contributed by atoms with van der Waals surface area (Å²) in [7, 11) is 0. The van der Waals surface area contributed by atoms with Crippen LogP contribution in [0.25, 0.3) is 0 Å². The molecule has 0 saturated carbocycles. The molecule has 0 aliphatic carbocycles. The van der Waals surface area contributed by atoms with Gasteiger partial charge in [-0.15, -0.1) is 0 Å². The first kappa shape index (κ1) is 26.9. The van der Waals surface area contributed by atoms with E-state index in [-0.39, 0.29) is 18.9 Å². The maximum atomic E-state index is 12.6. The molecular weight excluding hydrogens is 472 g/mol. The third kappa shape index (κ3) is 9.14. The van der Waals surface area contributed by atoms with Crippen LogP contribution in [-0.2, 0) is 27.3 Å². The van der Waals surface area contributed by atoms with Crippen molar-refractivity contribution in [2.75, 3.05) is 23.8 Å². The van der Waals surface area contributed by atoms with Crippen LogP contribution in [0.5, 0.6) is 0 Å². The predicted molar refractivity (Wildman–Crippen MR) is 141 cm³/mol. The van der Waals surface area contributed by atoms with Crippen LogP contribution in [0.15, 0.2) is 78.9 Å². The first-order valence-corrected chi connectivity index (χ1v) is 11.9. The minimum atomic E-state index is -0.459. The van der Waals surface area contributed by atoms with Crippen molar-refractivity contribution in [3.05, 3.63) is 95.6 Å². The van der Waals surface area contributed by atoms with Crippen LogP contribution in [0.4, 0.5) is 16.2 Å². The van der Waals surface area contributed by atoms with Gasteiger partial charge in [0.15, 0.2) is 0 Å². The average molecular weight is 503 g/mol. The molecule has 3 rings (SSSR count). The van der Waals surface area contributed by atoms with Crippen molar-refractivity contribution < 1.29 is 23.9 Å². The summed E-state index contributed by atoms with van der Waals surface area (Å²) < 4.78 is 4.95. The standard InChI is InChI=1S/C28H30N4O5/c1-2-37-26(34)16-15-21-11-6-7-14-24(21)32-25(33)19-29-27(35)22-12-8-13-23(17-22)31-28(36)30-18-20-9-4-3-5-10-20/h3-14,17H,2,15-16,18-19H2,1H3,(H,29,35)(H,32,33)(H2,30,31,36). The van der Waals surface area contributed by atoms with Crippen LogP contribution >= 0.6 is 0 Å². The molecule has 192 valence electrons. The van der Waals surface area contributed by atoms with Crippen LogP contribution in [0.1, 0.15) is 34.8 Å². The van der Waals surface area contributed by atoms with E-state index in [4.69, 9.17) is 4.74 Å². The Morgan fingerprint density at radius 2 is 1.57 bits per heavy atom. The Labute approximate surface area is 215 Å². The van der Waals surface area contributed by atoms with E-state index in [0.29, 0.717) is 36.5 Å². The Morgan fingerprint density at radius 3 is 2.35 bits per heavy atom. The molecule has 0 aliphatic heterocycles. The van der Waals surface area contributed by atoms with Crippen LogP contribution in [0.2, 0.25) is 0 Å². The summed E-state index contributed by atoms with van der Waals surface area (Å²) >= 11 is 0. The zero-order valence-electron chi connectivity index (χ0n) is 20.6. The van der Waals surface area contributed by atoms with E-state index >= 15 is 0 Å². The maximum absolute atomic E-state index is 12.6. The van der Waals surface area contributed by atoms with Gasteiger partial charge in [-0.3, -0.25) is 14.4 Å². The Bertz CT molecular complexity index is 1230. The number of anilines is 2. The number of carbonyl (C=O) groups is 4. The fourth-order valence-corrected chi connectivity index (χ4v) is 3.48. The van der Waals surface area contributed by atoms with Gasteiger partial charge >= 0.3 is 12.0 Å². The fourth-order valence-electron chi connectivity index (χ4n) is 3.48. The summed E-state index contributed by atoms with van der Waals surface area (Å²) in [4.78, 5) is 48.9. The van der Waals surface area contributed by atoms with E-state index in [1.807, 2.05) is 42.5 Å². The summed E-state index contributed by atoms with van der Waals surface area (Å²) in [5.41, 5.74) is 3.06. The number of amides is 4. The number of carbonyl (C=O) groups excluding carboxylic acids is 4. The first-order valence-electron chi connectivity index (χ1n) is 11.9. The Kier molecular flexibility index (Phi) is 10.2. The second-order valence-electron chi connectivity index (χ2n) is 8.07. The second-order valence-corrected chi connectivity index (χ2v) is 8.07. The lowest BCUT2D eigenvalue weighted by atomic mass is 10.1. The summed E-state index contributed by atoms with van der Waals surface area (Å²) in [6, 6.07) is 22.7. The Balaban J connectivity index is 1.48. The monoisotopic (exact) mass is 502 g/mol. The van der Waals surface area contributed by atoms with Crippen molar-refractivity contribution in [3.8, 4) is 0 Å². The van der Waals surface area contributed by atoms with Gasteiger partial charge < -0.3 is 26.0 Å². The van der Waals surface area contributed by atoms with Gasteiger partial charge in [0, 0.05) is 29.9 Å². The number of hydrogen-bond acceptors (Lipinski definition) is 5. The molecule has 0 aliphatic rings. The Hall–Kier alpha value is -4.66. The van der Waals surface area contributed by atoms with Gasteiger partial charge in [0.2, 0.25) is 5.91 Å². The normalized spacial score (nSPS) is 10.2.